The van der Waals surface area contributed by atoms with Crippen LogP contribution in [0, 0.1) is 10.1 Å². The lowest BCUT2D eigenvalue weighted by Crippen LogP contribution is -2.13. The normalized spacial score (nSPS) is 10.9. The van der Waals surface area contributed by atoms with Crippen molar-refractivity contribution in [1.82, 2.24) is 20.2 Å². The van der Waals surface area contributed by atoms with Gasteiger partial charge < -0.3 is 9.40 Å². The summed E-state index contributed by atoms with van der Waals surface area (Å²) in [4.78, 5) is 29.6. The van der Waals surface area contributed by atoms with Gasteiger partial charge in [-0.3, -0.25) is 25.3 Å². The number of nitro benzene ring substituents is 1. The van der Waals surface area contributed by atoms with E-state index in [9.17, 15) is 14.9 Å². The number of rotatable bonds is 4. The van der Waals surface area contributed by atoms with Gasteiger partial charge in [-0.2, -0.15) is 4.98 Å². The van der Waals surface area contributed by atoms with Gasteiger partial charge >= 0.3 is 0 Å². The molecule has 25 heavy (non-hydrogen) atoms. The van der Waals surface area contributed by atoms with Gasteiger partial charge in [0.25, 0.3) is 11.6 Å². The lowest BCUT2D eigenvalue weighted by atomic mass is 10.2. The second-order valence-corrected chi connectivity index (χ2v) is 5.15. The summed E-state index contributed by atoms with van der Waals surface area (Å²) in [6, 6.07) is 9.22. The molecule has 3 heterocycles. The van der Waals surface area contributed by atoms with E-state index < -0.39 is 10.8 Å². The SMILES string of the molecule is O=C(Nc1n[nH]c(-c2cccc([N+](=O)[O-])c2)n1)c1cc2occc2[nH]1. The van der Waals surface area contributed by atoms with E-state index in [1.165, 1.54) is 18.4 Å². The zero-order valence-electron chi connectivity index (χ0n) is 12.5. The molecule has 0 radical (unpaired) electrons. The second-order valence-electron chi connectivity index (χ2n) is 5.15. The van der Waals surface area contributed by atoms with Crippen LogP contribution in [0.5, 0.6) is 0 Å². The predicted molar refractivity (Wildman–Crippen MR) is 87.0 cm³/mol. The van der Waals surface area contributed by atoms with Crippen LogP contribution in [0.4, 0.5) is 11.6 Å². The van der Waals surface area contributed by atoms with Crippen LogP contribution in [-0.4, -0.2) is 31.0 Å². The van der Waals surface area contributed by atoms with Crippen LogP contribution < -0.4 is 5.32 Å². The monoisotopic (exact) mass is 338 g/mol. The first-order valence-electron chi connectivity index (χ1n) is 7.15. The van der Waals surface area contributed by atoms with Crippen LogP contribution in [0.15, 0.2) is 47.1 Å². The Bertz CT molecular complexity index is 1060. The molecule has 3 N–H and O–H groups in total. The summed E-state index contributed by atoms with van der Waals surface area (Å²) in [5, 5.41) is 19.9. The Labute approximate surface area is 139 Å². The fourth-order valence-electron chi connectivity index (χ4n) is 2.35. The van der Waals surface area contributed by atoms with Crippen LogP contribution in [0.1, 0.15) is 10.5 Å². The molecule has 10 heteroatoms. The molecule has 0 saturated carbocycles. The van der Waals surface area contributed by atoms with E-state index in [0.717, 1.165) is 0 Å². The molecule has 124 valence electrons. The Morgan fingerprint density at radius 3 is 2.96 bits per heavy atom. The summed E-state index contributed by atoms with van der Waals surface area (Å²) in [5.74, 6) is -0.0760. The molecule has 0 aliphatic heterocycles. The van der Waals surface area contributed by atoms with E-state index in [-0.39, 0.29) is 11.6 Å². The molecule has 10 nitrogen and oxygen atoms in total. The molecule has 1 amide bonds. The zero-order valence-corrected chi connectivity index (χ0v) is 12.5. The number of furan rings is 1. The molecule has 0 spiro atoms. The van der Waals surface area contributed by atoms with E-state index in [1.807, 2.05) is 0 Å². The summed E-state index contributed by atoms with van der Waals surface area (Å²) >= 11 is 0. The Balaban J connectivity index is 1.55. The highest BCUT2D eigenvalue weighted by atomic mass is 16.6. The van der Waals surface area contributed by atoms with E-state index in [1.54, 1.807) is 24.3 Å². The smallest absolute Gasteiger partial charge is 0.274 e. The Hall–Kier alpha value is -3.95. The topological polar surface area (TPSA) is 143 Å². The average Bonchev–Trinajstić information content (AvgIpc) is 3.30. The minimum Gasteiger partial charge on any atom is -0.463 e. The van der Waals surface area contributed by atoms with Crippen molar-refractivity contribution in [2.75, 3.05) is 5.32 Å². The molecule has 1 aromatic carbocycles. The number of amides is 1. The molecule has 4 aromatic rings. The highest BCUT2D eigenvalue weighted by Crippen LogP contribution is 2.22. The van der Waals surface area contributed by atoms with Gasteiger partial charge in [-0.05, 0) is 0 Å². The molecule has 0 aliphatic rings. The van der Waals surface area contributed by atoms with Crippen molar-refractivity contribution in [3.63, 3.8) is 0 Å². The van der Waals surface area contributed by atoms with Gasteiger partial charge in [0.05, 0.1) is 16.7 Å². The molecule has 0 bridgehead atoms. The number of nitrogens with zero attached hydrogens (tertiary/aromatic N) is 3. The number of hydrogen-bond donors (Lipinski definition) is 3. The molecular formula is C15H10N6O4. The number of benzene rings is 1. The summed E-state index contributed by atoms with van der Waals surface area (Å²) in [6.45, 7) is 0. The van der Waals surface area contributed by atoms with Gasteiger partial charge in [0.15, 0.2) is 11.4 Å². The summed E-state index contributed by atoms with van der Waals surface area (Å²) in [7, 11) is 0. The number of carbonyl (C=O) groups excluding carboxylic acids is 1. The minimum absolute atomic E-state index is 0.0535. The van der Waals surface area contributed by atoms with E-state index >= 15 is 0 Å². The van der Waals surface area contributed by atoms with E-state index in [2.05, 4.69) is 25.5 Å². The maximum absolute atomic E-state index is 12.2. The lowest BCUT2D eigenvalue weighted by Gasteiger charge is -1.97. The molecule has 4 rings (SSSR count). The number of hydrogen-bond acceptors (Lipinski definition) is 6. The van der Waals surface area contributed by atoms with Crippen molar-refractivity contribution < 1.29 is 14.1 Å². The second kappa shape index (κ2) is 5.60. The van der Waals surface area contributed by atoms with Gasteiger partial charge in [0.2, 0.25) is 5.95 Å². The quantitative estimate of drug-likeness (QED) is 0.385. The Morgan fingerprint density at radius 2 is 2.16 bits per heavy atom. The third-order valence-corrected chi connectivity index (χ3v) is 3.53. The van der Waals surface area contributed by atoms with Gasteiger partial charge in [-0.1, -0.05) is 12.1 Å². The van der Waals surface area contributed by atoms with E-state index in [4.69, 9.17) is 4.42 Å². The van der Waals surface area contributed by atoms with Crippen molar-refractivity contribution in [2.24, 2.45) is 0 Å². The lowest BCUT2D eigenvalue weighted by molar-refractivity contribution is -0.384. The van der Waals surface area contributed by atoms with Crippen LogP contribution in [0.25, 0.3) is 22.5 Å². The first-order chi connectivity index (χ1) is 12.1. The van der Waals surface area contributed by atoms with Crippen molar-refractivity contribution in [3.05, 3.63) is 58.5 Å². The number of aromatic nitrogens is 4. The van der Waals surface area contributed by atoms with Gasteiger partial charge in [0.1, 0.15) is 5.69 Å². The number of H-pyrrole nitrogens is 2. The van der Waals surface area contributed by atoms with Crippen LogP contribution in [-0.2, 0) is 0 Å². The molecular weight excluding hydrogens is 328 g/mol. The van der Waals surface area contributed by atoms with Crippen LogP contribution >= 0.6 is 0 Å². The third kappa shape index (κ3) is 2.72. The molecule has 3 aromatic heterocycles. The highest BCUT2D eigenvalue weighted by molar-refractivity contribution is 6.04. The van der Waals surface area contributed by atoms with Gasteiger partial charge in [-0.25, -0.2) is 0 Å². The third-order valence-electron chi connectivity index (χ3n) is 3.53. The van der Waals surface area contributed by atoms with Crippen molar-refractivity contribution in [1.29, 1.82) is 0 Å². The zero-order chi connectivity index (χ0) is 17.4. The maximum Gasteiger partial charge on any atom is 0.274 e. The highest BCUT2D eigenvalue weighted by Gasteiger charge is 2.15. The Morgan fingerprint density at radius 1 is 1.28 bits per heavy atom. The predicted octanol–water partition coefficient (Wildman–Crippen LogP) is 2.71. The molecule has 0 fully saturated rings. The summed E-state index contributed by atoms with van der Waals surface area (Å²) in [5.41, 5.74) is 2.00. The largest absolute Gasteiger partial charge is 0.463 e. The standard InChI is InChI=1S/C15H10N6O4/c22-14(11-7-12-10(16-11)4-5-25-12)18-15-17-13(19-20-15)8-2-1-3-9(6-8)21(23)24/h1-7,16H,(H2,17,18,19,20,22). The molecule has 0 atom stereocenters. The van der Waals surface area contributed by atoms with Gasteiger partial charge in [0, 0.05) is 29.8 Å². The number of fused-ring (bicyclic) bond motifs is 1. The first kappa shape index (κ1) is 14.6. The number of carbonyl (C=O) groups is 1. The molecule has 0 saturated heterocycles. The molecule has 0 unspecified atom stereocenters. The summed E-state index contributed by atoms with van der Waals surface area (Å²) < 4.78 is 5.19. The minimum atomic E-state index is -0.497. The molecule has 0 aliphatic carbocycles. The fraction of sp³-hybridized carbons (Fsp3) is 0. The first-order valence-corrected chi connectivity index (χ1v) is 7.15. The number of non-ortho nitro benzene ring substituents is 1. The van der Waals surface area contributed by atoms with Crippen molar-refractivity contribution >= 4 is 28.6 Å². The summed E-state index contributed by atoms with van der Waals surface area (Å²) in [6.07, 6.45) is 1.52. The maximum atomic E-state index is 12.2. The van der Waals surface area contributed by atoms with Crippen LogP contribution in [0.3, 0.4) is 0 Å². The van der Waals surface area contributed by atoms with Gasteiger partial charge in [-0.15, -0.1) is 5.10 Å². The number of anilines is 1. The number of nitrogens with one attached hydrogen (secondary N) is 3. The Kier molecular flexibility index (Phi) is 3.28. The van der Waals surface area contributed by atoms with Crippen LogP contribution in [0.2, 0.25) is 0 Å². The fourth-order valence-corrected chi connectivity index (χ4v) is 2.35. The average molecular weight is 338 g/mol. The van der Waals surface area contributed by atoms with Crippen molar-refractivity contribution in [2.45, 2.75) is 0 Å². The van der Waals surface area contributed by atoms with Crippen molar-refractivity contribution in [3.8, 4) is 11.4 Å². The van der Waals surface area contributed by atoms with E-state index in [0.29, 0.717) is 28.2 Å². The number of nitro groups is 1. The number of aromatic amines is 2.